The molecule has 3 unspecified atom stereocenters. The van der Waals surface area contributed by atoms with Crippen LogP contribution in [-0.2, 0) is 28.7 Å². The summed E-state index contributed by atoms with van der Waals surface area (Å²) in [5.74, 6) is -2.37. The number of hydrogen-bond acceptors (Lipinski definition) is 8. The molecule has 29 heavy (non-hydrogen) atoms. The van der Waals surface area contributed by atoms with Crippen molar-refractivity contribution in [1.29, 1.82) is 0 Å². The Labute approximate surface area is 177 Å². The summed E-state index contributed by atoms with van der Waals surface area (Å²) in [5.41, 5.74) is 2.03. The van der Waals surface area contributed by atoms with E-state index in [4.69, 9.17) is 0 Å². The van der Waals surface area contributed by atoms with E-state index < -0.39 is 23.9 Å². The first-order valence-corrected chi connectivity index (χ1v) is 9.15. The van der Waals surface area contributed by atoms with Gasteiger partial charge in [-0.1, -0.05) is 7.43 Å². The van der Waals surface area contributed by atoms with Gasteiger partial charge in [0.25, 0.3) is 0 Å². The number of hydrogen-bond donors (Lipinski definition) is 0. The summed E-state index contributed by atoms with van der Waals surface area (Å²) in [7, 11) is 8.00. The first-order valence-electron chi connectivity index (χ1n) is 8.12. The van der Waals surface area contributed by atoms with Crippen molar-refractivity contribution in [2.24, 2.45) is 15.2 Å². The Balaban J connectivity index is 0. The van der Waals surface area contributed by atoms with Gasteiger partial charge in [-0.25, -0.2) is 9.59 Å². The Morgan fingerprint density at radius 3 is 1.90 bits per heavy atom. The normalized spacial score (nSPS) is 16.6. The number of cyclic esters (lactones) is 4. The van der Waals surface area contributed by atoms with Crippen LogP contribution in [0.25, 0.3) is 0 Å². The van der Waals surface area contributed by atoms with Gasteiger partial charge < -0.3 is 4.74 Å². The van der Waals surface area contributed by atoms with E-state index in [0.717, 1.165) is 29.6 Å². The molecule has 1 saturated heterocycles. The second-order valence-electron chi connectivity index (χ2n) is 5.75. The monoisotopic (exact) mass is 438 g/mol. The van der Waals surface area contributed by atoms with Gasteiger partial charge in [0.15, 0.2) is 0 Å². The topological polar surface area (TPSA) is 111 Å². The van der Waals surface area contributed by atoms with Crippen LogP contribution in [0.15, 0.2) is 45.8 Å². The number of nitrogens with zero attached hydrogens (tertiary/aromatic N) is 2. The molecule has 0 aliphatic carbocycles. The summed E-state index contributed by atoms with van der Waals surface area (Å²) in [5, 5.41) is 0. The maximum Gasteiger partial charge on any atom is 0.338 e. The van der Waals surface area contributed by atoms with Gasteiger partial charge in [-0.3, -0.25) is 0 Å². The Kier molecular flexibility index (Phi) is 17.2. The molecule has 8 nitrogen and oxygen atoms in total. The molecular weight excluding hydrogens is 412 g/mol. The zero-order valence-corrected chi connectivity index (χ0v) is 17.9. The molecule has 0 amide bonds. The Bertz CT molecular complexity index is 707. The van der Waals surface area contributed by atoms with Crippen LogP contribution in [0, 0.1) is 5.92 Å². The van der Waals surface area contributed by atoms with E-state index in [0.29, 0.717) is 12.7 Å². The van der Waals surface area contributed by atoms with Crippen molar-refractivity contribution in [3.63, 3.8) is 0 Å². The van der Waals surface area contributed by atoms with Gasteiger partial charge in [0.1, 0.15) is 0 Å². The molecule has 0 saturated carbocycles. The largest absolute Gasteiger partial charge is 0.387 e. The van der Waals surface area contributed by atoms with Crippen molar-refractivity contribution in [3.8, 4) is 0 Å². The van der Waals surface area contributed by atoms with Crippen molar-refractivity contribution < 1.29 is 28.7 Å². The van der Waals surface area contributed by atoms with Crippen molar-refractivity contribution >= 4 is 56.8 Å². The predicted molar refractivity (Wildman–Crippen MR) is 120 cm³/mol. The predicted octanol–water partition coefficient (Wildman–Crippen LogP) is 3.04. The van der Waals surface area contributed by atoms with Gasteiger partial charge in [-0.2, -0.15) is 0 Å². The maximum atomic E-state index is 11.1. The molecule has 2 aliphatic rings. The molecule has 0 aromatic carbocycles. The summed E-state index contributed by atoms with van der Waals surface area (Å²) >= 11 is 0. The number of carbonyl (C=O) groups is 4. The fourth-order valence-corrected chi connectivity index (χ4v) is 2.01. The average Bonchev–Trinajstić information content (AvgIpc) is 3.15. The van der Waals surface area contributed by atoms with Gasteiger partial charge in [0.2, 0.25) is 0 Å². The first-order chi connectivity index (χ1) is 13.2. The second-order valence-corrected chi connectivity index (χ2v) is 6.35. The fraction of sp³-hybridized carbons (Fsp3) is 0.412. The molecule has 12 heteroatoms. The molecule has 0 aromatic heterocycles. The van der Waals surface area contributed by atoms with Gasteiger partial charge in [-0.15, -0.1) is 0 Å². The molecule has 2 heterocycles. The smallest absolute Gasteiger partial charge is 0.338 e. The zero-order chi connectivity index (χ0) is 21.5. The van der Waals surface area contributed by atoms with E-state index in [1.165, 1.54) is 0 Å². The van der Waals surface area contributed by atoms with E-state index in [-0.39, 0.29) is 19.8 Å². The molecule has 0 bridgehead atoms. The van der Waals surface area contributed by atoms with Gasteiger partial charge in [0, 0.05) is 12.2 Å². The number of carbonyl (C=O) groups excluding carboxylic acids is 4. The van der Waals surface area contributed by atoms with Crippen LogP contribution in [0.3, 0.4) is 0 Å². The summed E-state index contributed by atoms with van der Waals surface area (Å²) in [4.78, 5) is 41.7. The zero-order valence-electron chi connectivity index (χ0n) is 15.6. The molecule has 1 fully saturated rings. The fourth-order valence-electron chi connectivity index (χ4n) is 1.80. The number of allylic oxidation sites excluding steroid dienone is 2. The summed E-state index contributed by atoms with van der Waals surface area (Å²) in [6, 6.07) is 0. The standard InChI is InChI=1S/C8H11BNO3P.C4H9BNP.C4H2O3.CH4/c1-5(4-9-10-14)2-6-3-7(11)13-8(6)12;1-4(2)3-5-6-7;5-3-1-2-4(6)7-3;/h6H,1-4,14H2;1,3,7H2,2H3;1-2H;1H4. The second kappa shape index (κ2) is 17.0. The van der Waals surface area contributed by atoms with E-state index in [2.05, 4.69) is 50.7 Å². The molecule has 0 spiro atoms. The van der Waals surface area contributed by atoms with Crippen molar-refractivity contribution in [2.45, 2.75) is 39.8 Å². The van der Waals surface area contributed by atoms with Gasteiger partial charge in [-0.05, 0) is 0 Å². The Hall–Kier alpha value is -1.91. The minimum absolute atomic E-state index is 0. The van der Waals surface area contributed by atoms with E-state index in [9.17, 15) is 19.2 Å². The number of rotatable bonds is 6. The third-order valence-corrected chi connectivity index (χ3v) is 3.50. The van der Waals surface area contributed by atoms with Crippen LogP contribution in [0.4, 0.5) is 0 Å². The van der Waals surface area contributed by atoms with Crippen molar-refractivity contribution in [1.82, 2.24) is 0 Å². The van der Waals surface area contributed by atoms with Crippen molar-refractivity contribution in [2.75, 3.05) is 0 Å². The van der Waals surface area contributed by atoms with Crippen LogP contribution in [0.2, 0.25) is 12.6 Å². The quantitative estimate of drug-likeness (QED) is 0.207. The van der Waals surface area contributed by atoms with Crippen molar-refractivity contribution in [3.05, 3.63) is 36.5 Å². The molecule has 156 valence electrons. The van der Waals surface area contributed by atoms with Crippen LogP contribution < -0.4 is 0 Å². The Morgan fingerprint density at radius 2 is 1.59 bits per heavy atom. The molecule has 0 N–H and O–H groups in total. The third-order valence-electron chi connectivity index (χ3n) is 3.08. The van der Waals surface area contributed by atoms with Gasteiger partial charge in [0.05, 0.1) is 0 Å². The minimum Gasteiger partial charge on any atom is -0.387 e. The average molecular weight is 438 g/mol. The number of ether oxygens (including phenoxy) is 2. The third kappa shape index (κ3) is 15.7. The SMILES string of the molecule is C.C=C(C)CB=NP.C=C(CB=NP)CC1CC(=O)OC1=O.O=C1C=CC(=O)O1. The molecule has 2 rings (SSSR count). The Morgan fingerprint density at radius 1 is 1.07 bits per heavy atom. The van der Waals surface area contributed by atoms with E-state index >= 15 is 0 Å². The van der Waals surface area contributed by atoms with Crippen LogP contribution in [-0.4, -0.2) is 38.0 Å². The molecule has 0 radical (unpaired) electrons. The summed E-state index contributed by atoms with van der Waals surface area (Å²) < 4.78 is 15.8. The molecule has 0 aromatic rings. The van der Waals surface area contributed by atoms with Gasteiger partial charge >= 0.3 is 143 Å². The van der Waals surface area contributed by atoms with Crippen LogP contribution in [0.1, 0.15) is 27.2 Å². The number of esters is 4. The molecule has 2 aliphatic heterocycles. The minimum atomic E-state index is -0.579. The van der Waals surface area contributed by atoms with Crippen LogP contribution >= 0.6 is 18.8 Å². The van der Waals surface area contributed by atoms with Crippen LogP contribution in [0.5, 0.6) is 0 Å². The maximum absolute atomic E-state index is 11.1. The van der Waals surface area contributed by atoms with E-state index in [1.807, 2.05) is 14.0 Å². The summed E-state index contributed by atoms with van der Waals surface area (Å²) in [6.45, 7) is 9.47. The molecular formula is C17H26B2N2O6P2. The summed E-state index contributed by atoms with van der Waals surface area (Å²) in [6.07, 6.45) is 4.37. The first kappa shape index (κ1) is 29.3. The molecule has 3 atom stereocenters. The van der Waals surface area contributed by atoms with E-state index in [1.54, 1.807) is 7.07 Å².